The Morgan fingerprint density at radius 3 is 1.22 bits per heavy atom. The number of unbranched alkanes of at least 4 members (excludes halogenated alkanes) is 1. The van der Waals surface area contributed by atoms with E-state index in [9.17, 15) is 0 Å². The lowest BCUT2D eigenvalue weighted by molar-refractivity contribution is -2.00. The van der Waals surface area contributed by atoms with Crippen LogP contribution in [0.3, 0.4) is 0 Å². The molecule has 0 bridgehead atoms. The molecule has 0 aliphatic heterocycles. The van der Waals surface area contributed by atoms with E-state index in [2.05, 4.69) is 72.0 Å². The number of hydrogen-bond acceptors (Lipinski definition) is 4. The number of aryl methyl sites for hydroxylation is 4. The highest BCUT2D eigenvalue weighted by molar-refractivity contribution is 5.03. The van der Waals surface area contributed by atoms with Crippen LogP contribution in [0.4, 0.5) is 0 Å². The van der Waals surface area contributed by atoms with Gasteiger partial charge in [0.2, 0.25) is 0 Å². The van der Waals surface area contributed by atoms with Gasteiger partial charge >= 0.3 is 0 Å². The van der Waals surface area contributed by atoms with Gasteiger partial charge in [0, 0.05) is 37.1 Å². The van der Waals surface area contributed by atoms with Gasteiger partial charge in [-0.25, -0.2) is 27.8 Å². The molecular weight excluding hydrogens is 320 g/mol. The van der Waals surface area contributed by atoms with Gasteiger partial charge in [0.25, 0.3) is 0 Å². The highest BCUT2D eigenvalue weighted by Gasteiger charge is 2.02. The molecule has 0 aliphatic rings. The standard InChI is InChI=1S/C16H22N2.ClHO4/c1-15-5-11-17(12-6-15)9-3-4-10-18-13-7-16(2)8-14-18;2-1(3,4)5/h5-8,11-14H,3-4,9-10H2,1-2H3;(H,2,3,4,5)/q+2;/p-1. The Balaban J connectivity index is 0.000000463. The van der Waals surface area contributed by atoms with Crippen LogP contribution in [0.2, 0.25) is 0 Å². The van der Waals surface area contributed by atoms with Crippen molar-refractivity contribution in [3.05, 3.63) is 60.2 Å². The van der Waals surface area contributed by atoms with Gasteiger partial charge in [-0.15, -0.1) is 10.2 Å². The van der Waals surface area contributed by atoms with E-state index in [1.807, 2.05) is 0 Å². The van der Waals surface area contributed by atoms with Gasteiger partial charge in [0.05, 0.1) is 0 Å². The fourth-order valence-electron chi connectivity index (χ4n) is 1.95. The predicted octanol–water partition coefficient (Wildman–Crippen LogP) is -2.40. The fourth-order valence-corrected chi connectivity index (χ4v) is 1.95. The molecule has 6 nitrogen and oxygen atoms in total. The summed E-state index contributed by atoms with van der Waals surface area (Å²) in [5.74, 6) is 0. The minimum Gasteiger partial charge on any atom is -0.222 e. The molecule has 126 valence electrons. The van der Waals surface area contributed by atoms with Crippen molar-refractivity contribution >= 4 is 0 Å². The van der Waals surface area contributed by atoms with Gasteiger partial charge in [-0.3, -0.25) is 0 Å². The van der Waals surface area contributed by atoms with Crippen molar-refractivity contribution in [3.8, 4) is 0 Å². The average molecular weight is 342 g/mol. The van der Waals surface area contributed by atoms with Crippen LogP contribution in [-0.4, -0.2) is 0 Å². The Labute approximate surface area is 138 Å². The van der Waals surface area contributed by atoms with Gasteiger partial charge in [0.1, 0.15) is 13.1 Å². The summed E-state index contributed by atoms with van der Waals surface area (Å²) in [6.07, 6.45) is 11.1. The van der Waals surface area contributed by atoms with Crippen LogP contribution in [0.25, 0.3) is 0 Å². The third-order valence-corrected chi connectivity index (χ3v) is 3.20. The third-order valence-electron chi connectivity index (χ3n) is 3.20. The first-order valence-corrected chi connectivity index (χ1v) is 8.50. The first kappa shape index (κ1) is 19.5. The van der Waals surface area contributed by atoms with Crippen molar-refractivity contribution in [2.75, 3.05) is 0 Å². The van der Waals surface area contributed by atoms with Gasteiger partial charge in [-0.1, -0.05) is 0 Å². The van der Waals surface area contributed by atoms with Gasteiger partial charge < -0.3 is 0 Å². The number of nitrogens with zero attached hydrogens (tertiary/aromatic N) is 2. The molecule has 0 atom stereocenters. The summed E-state index contributed by atoms with van der Waals surface area (Å²) in [5.41, 5.74) is 2.64. The summed E-state index contributed by atoms with van der Waals surface area (Å²) < 4.78 is 38.5. The normalized spacial score (nSPS) is 10.9. The van der Waals surface area contributed by atoms with Crippen molar-refractivity contribution in [3.63, 3.8) is 0 Å². The van der Waals surface area contributed by atoms with Gasteiger partial charge in [-0.2, -0.15) is 0 Å². The second kappa shape index (κ2) is 9.54. The number of aromatic nitrogens is 2. The van der Waals surface area contributed by atoms with Crippen LogP contribution in [-0.2, 0) is 13.1 Å². The Kier molecular flexibility index (Phi) is 8.08. The number of rotatable bonds is 5. The van der Waals surface area contributed by atoms with E-state index < -0.39 is 10.2 Å². The van der Waals surface area contributed by atoms with E-state index in [-0.39, 0.29) is 0 Å². The second-order valence-corrected chi connectivity index (χ2v) is 6.07. The van der Waals surface area contributed by atoms with E-state index in [1.54, 1.807) is 0 Å². The fraction of sp³-hybridized carbons (Fsp3) is 0.375. The molecule has 0 N–H and O–H groups in total. The summed E-state index contributed by atoms with van der Waals surface area (Å²) in [5, 5.41) is 0. The van der Waals surface area contributed by atoms with Crippen molar-refractivity contribution in [2.45, 2.75) is 39.8 Å². The van der Waals surface area contributed by atoms with Crippen LogP contribution >= 0.6 is 0 Å². The SMILES string of the molecule is Cc1cc[n+](CCCC[n+]2ccc(C)cc2)cc1.[O-][Cl+3]([O-])([O-])[O-]. The highest BCUT2D eigenvalue weighted by atomic mass is 35.7. The Hall–Kier alpha value is -1.57. The van der Waals surface area contributed by atoms with E-state index in [0.29, 0.717) is 0 Å². The van der Waals surface area contributed by atoms with E-state index in [0.717, 1.165) is 13.1 Å². The van der Waals surface area contributed by atoms with Gasteiger partial charge in [0.15, 0.2) is 24.8 Å². The molecule has 0 saturated carbocycles. The largest absolute Gasteiger partial charge is 0.222 e. The first-order valence-electron chi connectivity index (χ1n) is 7.27. The third kappa shape index (κ3) is 10.7. The molecule has 0 radical (unpaired) electrons. The van der Waals surface area contributed by atoms with Crippen LogP contribution in [0.1, 0.15) is 24.0 Å². The quantitative estimate of drug-likeness (QED) is 0.447. The lowest BCUT2D eigenvalue weighted by atomic mass is 10.2. The second-order valence-electron chi connectivity index (χ2n) is 5.31. The zero-order valence-electron chi connectivity index (χ0n) is 13.4. The topological polar surface area (TPSA) is 100 Å². The van der Waals surface area contributed by atoms with Crippen LogP contribution in [0.5, 0.6) is 0 Å². The minimum absolute atomic E-state index is 1.10. The van der Waals surface area contributed by atoms with Crippen LogP contribution in [0, 0.1) is 24.1 Å². The molecule has 0 fully saturated rings. The minimum atomic E-state index is -4.94. The average Bonchev–Trinajstić information content (AvgIpc) is 2.46. The smallest absolute Gasteiger partial charge is 0.169 e. The Morgan fingerprint density at radius 1 is 0.696 bits per heavy atom. The molecule has 2 aromatic heterocycles. The molecule has 0 unspecified atom stereocenters. The predicted molar refractivity (Wildman–Crippen MR) is 72.0 cm³/mol. The van der Waals surface area contributed by atoms with E-state index >= 15 is 0 Å². The molecule has 7 heteroatoms. The van der Waals surface area contributed by atoms with Crippen molar-refractivity contribution in [1.82, 2.24) is 0 Å². The van der Waals surface area contributed by atoms with E-state index in [1.165, 1.54) is 24.0 Å². The molecule has 0 spiro atoms. The van der Waals surface area contributed by atoms with Crippen LogP contribution in [0.15, 0.2) is 49.1 Å². The highest BCUT2D eigenvalue weighted by Crippen LogP contribution is 1.94. The molecular formula is C16H22ClN2O4+. The lowest BCUT2D eigenvalue weighted by Gasteiger charge is -2.17. The summed E-state index contributed by atoms with van der Waals surface area (Å²) >= 11 is 0. The number of pyridine rings is 2. The maximum Gasteiger partial charge on any atom is 0.169 e. The van der Waals surface area contributed by atoms with Crippen LogP contribution < -0.4 is 27.8 Å². The zero-order chi connectivity index (χ0) is 17.3. The zero-order valence-corrected chi connectivity index (χ0v) is 14.1. The van der Waals surface area contributed by atoms with E-state index in [4.69, 9.17) is 18.6 Å². The molecule has 0 saturated heterocycles. The van der Waals surface area contributed by atoms with Crippen molar-refractivity contribution < 1.29 is 38.0 Å². The lowest BCUT2D eigenvalue weighted by Crippen LogP contribution is -2.68. The molecule has 2 rings (SSSR count). The monoisotopic (exact) mass is 341 g/mol. The molecule has 2 heterocycles. The number of halogens is 1. The molecule has 23 heavy (non-hydrogen) atoms. The maximum absolute atomic E-state index is 8.49. The summed E-state index contributed by atoms with van der Waals surface area (Å²) in [7, 11) is -4.94. The Bertz CT molecular complexity index is 515. The molecule has 0 amide bonds. The first-order chi connectivity index (χ1) is 10.7. The summed E-state index contributed by atoms with van der Waals surface area (Å²) in [6.45, 7) is 6.45. The molecule has 0 aliphatic carbocycles. The molecule has 0 aromatic carbocycles. The van der Waals surface area contributed by atoms with Crippen molar-refractivity contribution in [2.24, 2.45) is 0 Å². The Morgan fingerprint density at radius 2 is 0.957 bits per heavy atom. The maximum atomic E-state index is 8.49. The van der Waals surface area contributed by atoms with Crippen molar-refractivity contribution in [1.29, 1.82) is 0 Å². The molecule has 2 aromatic rings. The number of hydrogen-bond donors (Lipinski definition) is 0. The summed E-state index contributed by atoms with van der Waals surface area (Å²) in [4.78, 5) is 0. The summed E-state index contributed by atoms with van der Waals surface area (Å²) in [6, 6.07) is 8.65. The van der Waals surface area contributed by atoms with Gasteiger partial charge in [-0.05, 0) is 25.0 Å².